The van der Waals surface area contributed by atoms with Crippen LogP contribution in [-0.4, -0.2) is 43.0 Å². The summed E-state index contributed by atoms with van der Waals surface area (Å²) in [5.41, 5.74) is 1.07. The third-order valence-electron chi connectivity index (χ3n) is 4.56. The number of carbonyl (C=O) groups excluding carboxylic acids is 2. The van der Waals surface area contributed by atoms with E-state index in [9.17, 15) is 9.59 Å². The van der Waals surface area contributed by atoms with Crippen molar-refractivity contribution in [2.75, 3.05) is 20.2 Å². The number of likely N-dealkylation sites (N-methyl/N-ethyl adjacent to an activating group) is 1. The first-order chi connectivity index (χ1) is 10.7. The number of fused-ring (bicyclic) bond motifs is 1. The van der Waals surface area contributed by atoms with E-state index in [0.717, 1.165) is 30.6 Å². The molecular formula is C17H22N2O3. The molecule has 2 unspecified atom stereocenters. The van der Waals surface area contributed by atoms with Gasteiger partial charge in [0.05, 0.1) is 5.92 Å². The van der Waals surface area contributed by atoms with Gasteiger partial charge in [-0.15, -0.1) is 0 Å². The number of carbonyl (C=O) groups is 2. The SMILES string of the molecule is CNC(=O)C1CCCCN1C(=O)C1COc2ccccc2C1. The quantitative estimate of drug-likeness (QED) is 0.897. The van der Waals surface area contributed by atoms with Gasteiger partial charge in [-0.2, -0.15) is 0 Å². The highest BCUT2D eigenvalue weighted by atomic mass is 16.5. The second-order valence-electron chi connectivity index (χ2n) is 5.98. The zero-order chi connectivity index (χ0) is 15.5. The molecule has 5 heteroatoms. The predicted octanol–water partition coefficient (Wildman–Crippen LogP) is 1.36. The fraction of sp³-hybridized carbons (Fsp3) is 0.529. The Hall–Kier alpha value is -2.04. The van der Waals surface area contributed by atoms with Crippen LogP contribution in [0.3, 0.4) is 0 Å². The number of ether oxygens (including phenoxy) is 1. The van der Waals surface area contributed by atoms with Gasteiger partial charge >= 0.3 is 0 Å². The van der Waals surface area contributed by atoms with Crippen molar-refractivity contribution >= 4 is 11.8 Å². The second-order valence-corrected chi connectivity index (χ2v) is 5.98. The van der Waals surface area contributed by atoms with E-state index < -0.39 is 0 Å². The minimum atomic E-state index is -0.330. The van der Waals surface area contributed by atoms with Gasteiger partial charge in [-0.25, -0.2) is 0 Å². The van der Waals surface area contributed by atoms with Crippen molar-refractivity contribution in [3.63, 3.8) is 0 Å². The summed E-state index contributed by atoms with van der Waals surface area (Å²) in [5, 5.41) is 2.67. The van der Waals surface area contributed by atoms with Gasteiger partial charge in [-0.3, -0.25) is 9.59 Å². The average molecular weight is 302 g/mol. The van der Waals surface area contributed by atoms with Crippen molar-refractivity contribution < 1.29 is 14.3 Å². The molecular weight excluding hydrogens is 280 g/mol. The summed E-state index contributed by atoms with van der Waals surface area (Å²) < 4.78 is 5.72. The summed E-state index contributed by atoms with van der Waals surface area (Å²) in [6.45, 7) is 1.06. The monoisotopic (exact) mass is 302 g/mol. The van der Waals surface area contributed by atoms with Crippen molar-refractivity contribution in [1.82, 2.24) is 10.2 Å². The summed E-state index contributed by atoms with van der Waals surface area (Å²) in [7, 11) is 1.62. The Labute approximate surface area is 130 Å². The van der Waals surface area contributed by atoms with E-state index in [1.807, 2.05) is 24.3 Å². The summed E-state index contributed by atoms with van der Waals surface area (Å²) in [5.74, 6) is 0.654. The zero-order valence-corrected chi connectivity index (χ0v) is 12.9. The van der Waals surface area contributed by atoms with Crippen molar-refractivity contribution in [1.29, 1.82) is 0 Å². The molecule has 0 saturated carbocycles. The van der Waals surface area contributed by atoms with Crippen LogP contribution in [-0.2, 0) is 16.0 Å². The number of hydrogen-bond acceptors (Lipinski definition) is 3. The van der Waals surface area contributed by atoms with Gasteiger partial charge in [-0.05, 0) is 37.3 Å². The van der Waals surface area contributed by atoms with Crippen molar-refractivity contribution in [3.05, 3.63) is 29.8 Å². The Morgan fingerprint density at radius 2 is 2.09 bits per heavy atom. The molecule has 0 aliphatic carbocycles. The molecule has 5 nitrogen and oxygen atoms in total. The Morgan fingerprint density at radius 3 is 2.91 bits per heavy atom. The maximum absolute atomic E-state index is 12.9. The fourth-order valence-corrected chi connectivity index (χ4v) is 3.36. The van der Waals surface area contributed by atoms with Gasteiger partial charge in [0.1, 0.15) is 18.4 Å². The van der Waals surface area contributed by atoms with E-state index >= 15 is 0 Å². The van der Waals surface area contributed by atoms with Gasteiger partial charge in [0.15, 0.2) is 0 Å². The molecule has 2 atom stereocenters. The molecule has 2 amide bonds. The lowest BCUT2D eigenvalue weighted by atomic mass is 9.93. The van der Waals surface area contributed by atoms with E-state index in [0.29, 0.717) is 19.6 Å². The van der Waals surface area contributed by atoms with Crippen molar-refractivity contribution in [2.45, 2.75) is 31.7 Å². The van der Waals surface area contributed by atoms with E-state index in [-0.39, 0.29) is 23.8 Å². The third-order valence-corrected chi connectivity index (χ3v) is 4.56. The molecule has 0 bridgehead atoms. The van der Waals surface area contributed by atoms with Crippen LogP contribution in [0.15, 0.2) is 24.3 Å². The second kappa shape index (κ2) is 6.38. The van der Waals surface area contributed by atoms with E-state index in [4.69, 9.17) is 4.74 Å². The van der Waals surface area contributed by atoms with Gasteiger partial charge in [-0.1, -0.05) is 18.2 Å². The molecule has 118 valence electrons. The molecule has 1 saturated heterocycles. The Balaban J connectivity index is 1.74. The van der Waals surface area contributed by atoms with Crippen LogP contribution in [0.1, 0.15) is 24.8 Å². The standard InChI is InChI=1S/C17H22N2O3/c1-18-16(20)14-7-4-5-9-19(14)17(21)13-10-12-6-2-3-8-15(12)22-11-13/h2-3,6,8,13-14H,4-5,7,9-11H2,1H3,(H,18,20). The minimum Gasteiger partial charge on any atom is -0.492 e. The predicted molar refractivity (Wildman–Crippen MR) is 82.5 cm³/mol. The minimum absolute atomic E-state index is 0.0443. The molecule has 1 aromatic carbocycles. The molecule has 2 aliphatic heterocycles. The zero-order valence-electron chi connectivity index (χ0n) is 12.9. The summed E-state index contributed by atoms with van der Waals surface area (Å²) in [6.07, 6.45) is 3.39. The number of hydrogen-bond donors (Lipinski definition) is 1. The number of amides is 2. The number of benzene rings is 1. The van der Waals surface area contributed by atoms with Crippen LogP contribution in [0.2, 0.25) is 0 Å². The Bertz CT molecular complexity index is 573. The molecule has 2 heterocycles. The number of likely N-dealkylation sites (tertiary alicyclic amines) is 1. The highest BCUT2D eigenvalue weighted by Gasteiger charge is 2.36. The number of piperidine rings is 1. The van der Waals surface area contributed by atoms with Crippen molar-refractivity contribution in [3.8, 4) is 5.75 Å². The molecule has 1 fully saturated rings. The van der Waals surface area contributed by atoms with Crippen LogP contribution in [0.25, 0.3) is 0 Å². The van der Waals surface area contributed by atoms with E-state index in [1.165, 1.54) is 0 Å². The average Bonchev–Trinajstić information content (AvgIpc) is 2.60. The molecule has 22 heavy (non-hydrogen) atoms. The lowest BCUT2D eigenvalue weighted by Gasteiger charge is -2.37. The normalized spacial score (nSPS) is 24.1. The highest BCUT2D eigenvalue weighted by Crippen LogP contribution is 2.29. The number of para-hydroxylation sites is 1. The molecule has 3 rings (SSSR count). The maximum Gasteiger partial charge on any atom is 0.242 e. The molecule has 0 spiro atoms. The van der Waals surface area contributed by atoms with Gasteiger partial charge in [0.2, 0.25) is 11.8 Å². The summed E-state index contributed by atoms with van der Waals surface area (Å²) >= 11 is 0. The van der Waals surface area contributed by atoms with Crippen LogP contribution < -0.4 is 10.1 Å². The molecule has 0 radical (unpaired) electrons. The summed E-state index contributed by atoms with van der Waals surface area (Å²) in [4.78, 5) is 26.6. The van der Waals surface area contributed by atoms with Crippen LogP contribution in [0.5, 0.6) is 5.75 Å². The van der Waals surface area contributed by atoms with Gasteiger partial charge in [0, 0.05) is 13.6 Å². The van der Waals surface area contributed by atoms with Crippen LogP contribution in [0.4, 0.5) is 0 Å². The van der Waals surface area contributed by atoms with Crippen LogP contribution >= 0.6 is 0 Å². The lowest BCUT2D eigenvalue weighted by Crippen LogP contribution is -2.54. The molecule has 2 aliphatic rings. The number of nitrogens with zero attached hydrogens (tertiary/aromatic N) is 1. The first kappa shape index (κ1) is 14.9. The van der Waals surface area contributed by atoms with E-state index in [1.54, 1.807) is 11.9 Å². The van der Waals surface area contributed by atoms with Crippen molar-refractivity contribution in [2.24, 2.45) is 5.92 Å². The maximum atomic E-state index is 12.9. The van der Waals surface area contributed by atoms with Gasteiger partial charge in [0.25, 0.3) is 0 Å². The van der Waals surface area contributed by atoms with Gasteiger partial charge < -0.3 is 15.0 Å². The largest absolute Gasteiger partial charge is 0.492 e. The fourth-order valence-electron chi connectivity index (χ4n) is 3.36. The number of rotatable bonds is 2. The molecule has 1 N–H and O–H groups in total. The first-order valence-electron chi connectivity index (χ1n) is 7.93. The Kier molecular flexibility index (Phi) is 4.32. The topological polar surface area (TPSA) is 58.6 Å². The molecule has 1 aromatic rings. The summed E-state index contributed by atoms with van der Waals surface area (Å²) in [6, 6.07) is 7.51. The van der Waals surface area contributed by atoms with E-state index in [2.05, 4.69) is 5.32 Å². The van der Waals surface area contributed by atoms with Crippen LogP contribution in [0, 0.1) is 5.92 Å². The molecule has 0 aromatic heterocycles. The highest BCUT2D eigenvalue weighted by molar-refractivity contribution is 5.89. The number of nitrogens with one attached hydrogen (secondary N) is 1. The lowest BCUT2D eigenvalue weighted by molar-refractivity contribution is -0.146. The first-order valence-corrected chi connectivity index (χ1v) is 7.93. The Morgan fingerprint density at radius 1 is 1.27 bits per heavy atom. The smallest absolute Gasteiger partial charge is 0.242 e. The third kappa shape index (κ3) is 2.80.